The van der Waals surface area contributed by atoms with Gasteiger partial charge in [-0.2, -0.15) is 0 Å². The van der Waals surface area contributed by atoms with E-state index in [1.54, 1.807) is 37.3 Å². The molecule has 0 saturated carbocycles. The molecule has 1 aromatic heterocycles. The Morgan fingerprint density at radius 1 is 1.30 bits per heavy atom. The fourth-order valence-corrected chi connectivity index (χ4v) is 3.14. The first-order chi connectivity index (χ1) is 12.9. The topological polar surface area (TPSA) is 105 Å². The number of non-ortho nitro benzene ring substituents is 1. The lowest BCUT2D eigenvalue weighted by Crippen LogP contribution is -2.29. The van der Waals surface area contributed by atoms with Crippen LogP contribution >= 0.6 is 11.6 Å². The number of benzene rings is 2. The number of carbonyl (C=O) groups excluding carboxylic acids is 1. The first kappa shape index (κ1) is 18.6. The molecule has 7 nitrogen and oxygen atoms in total. The largest absolute Gasteiger partial charge is 0.505 e. The van der Waals surface area contributed by atoms with Crippen molar-refractivity contribution in [2.75, 3.05) is 0 Å². The van der Waals surface area contributed by atoms with Gasteiger partial charge in [-0.1, -0.05) is 36.7 Å². The van der Waals surface area contributed by atoms with Crippen molar-refractivity contribution in [3.05, 3.63) is 74.9 Å². The minimum Gasteiger partial charge on any atom is -0.505 e. The molecule has 0 aliphatic heterocycles. The molecular weight excluding hydrogens is 370 g/mol. The predicted molar refractivity (Wildman–Crippen MR) is 102 cm³/mol. The highest BCUT2D eigenvalue weighted by molar-refractivity contribution is 6.31. The maximum atomic E-state index is 12.1. The van der Waals surface area contributed by atoms with Crippen LogP contribution in [0.4, 0.5) is 5.69 Å². The van der Waals surface area contributed by atoms with Crippen LogP contribution in [0.1, 0.15) is 30.5 Å². The van der Waals surface area contributed by atoms with Crippen LogP contribution in [0.5, 0.6) is 5.75 Å². The SMILES string of the molecule is CCC(=O)N[C@H](c1ccccc1Cl)c1cc([N+](=O)[O-])c2cccnc2c1O. The highest BCUT2D eigenvalue weighted by Gasteiger charge is 2.27. The first-order valence-corrected chi connectivity index (χ1v) is 8.60. The summed E-state index contributed by atoms with van der Waals surface area (Å²) < 4.78 is 0. The number of carbonyl (C=O) groups is 1. The summed E-state index contributed by atoms with van der Waals surface area (Å²) in [6.07, 6.45) is 1.64. The second-order valence-electron chi connectivity index (χ2n) is 5.87. The summed E-state index contributed by atoms with van der Waals surface area (Å²) in [6.45, 7) is 1.68. The van der Waals surface area contributed by atoms with Gasteiger partial charge in [-0.15, -0.1) is 0 Å². The van der Waals surface area contributed by atoms with Crippen molar-refractivity contribution in [1.29, 1.82) is 0 Å². The number of phenolic OH excluding ortho intramolecular Hbond substituents is 1. The Hall–Kier alpha value is -3.19. The van der Waals surface area contributed by atoms with Crippen LogP contribution < -0.4 is 5.32 Å². The Kier molecular flexibility index (Phi) is 5.23. The van der Waals surface area contributed by atoms with Gasteiger partial charge in [-0.05, 0) is 23.8 Å². The molecule has 0 fully saturated rings. The Morgan fingerprint density at radius 2 is 2.04 bits per heavy atom. The number of aromatic nitrogens is 1. The summed E-state index contributed by atoms with van der Waals surface area (Å²) in [6, 6.07) is 10.3. The third-order valence-corrected chi connectivity index (χ3v) is 4.57. The van der Waals surface area contributed by atoms with E-state index in [1.807, 2.05) is 0 Å². The van der Waals surface area contributed by atoms with Gasteiger partial charge in [-0.25, -0.2) is 0 Å². The zero-order chi connectivity index (χ0) is 19.6. The van der Waals surface area contributed by atoms with E-state index >= 15 is 0 Å². The monoisotopic (exact) mass is 385 g/mol. The molecule has 3 aromatic rings. The molecule has 0 unspecified atom stereocenters. The first-order valence-electron chi connectivity index (χ1n) is 8.22. The number of amides is 1. The molecule has 2 aromatic carbocycles. The van der Waals surface area contributed by atoms with Gasteiger partial charge in [0.05, 0.1) is 16.4 Å². The van der Waals surface area contributed by atoms with Crippen LogP contribution in [-0.2, 0) is 4.79 Å². The lowest BCUT2D eigenvalue weighted by Gasteiger charge is -2.22. The quantitative estimate of drug-likeness (QED) is 0.507. The number of pyridine rings is 1. The van der Waals surface area contributed by atoms with Gasteiger partial charge in [0.15, 0.2) is 0 Å². The van der Waals surface area contributed by atoms with E-state index in [0.717, 1.165) is 0 Å². The number of halogens is 1. The molecule has 0 bridgehead atoms. The second-order valence-corrected chi connectivity index (χ2v) is 6.27. The number of aromatic hydroxyl groups is 1. The van der Waals surface area contributed by atoms with Crippen molar-refractivity contribution in [1.82, 2.24) is 10.3 Å². The van der Waals surface area contributed by atoms with Gasteiger partial charge in [0.1, 0.15) is 11.3 Å². The van der Waals surface area contributed by atoms with E-state index in [2.05, 4.69) is 10.3 Å². The number of nitro groups is 1. The second kappa shape index (κ2) is 7.59. The number of rotatable bonds is 5. The fourth-order valence-electron chi connectivity index (χ4n) is 2.90. The average Bonchev–Trinajstić information content (AvgIpc) is 2.67. The van der Waals surface area contributed by atoms with Gasteiger partial charge in [0.25, 0.3) is 5.69 Å². The maximum Gasteiger partial charge on any atom is 0.279 e. The van der Waals surface area contributed by atoms with Crippen molar-refractivity contribution in [3.63, 3.8) is 0 Å². The van der Waals surface area contributed by atoms with Gasteiger partial charge in [-0.3, -0.25) is 19.9 Å². The summed E-state index contributed by atoms with van der Waals surface area (Å²) in [5, 5.41) is 25.7. The average molecular weight is 386 g/mol. The standard InChI is InChI=1S/C19H16ClN3O4/c1-2-16(24)22-17(11-6-3-4-8-14(11)20)13-10-15(23(26)27)12-7-5-9-21-18(12)19(13)25/h3-10,17,25H,2H2,1H3,(H,22,24)/t17-/m1/s1. The number of phenols is 1. The molecule has 138 valence electrons. The van der Waals surface area contributed by atoms with Crippen LogP contribution in [0.2, 0.25) is 5.02 Å². The van der Waals surface area contributed by atoms with Crippen molar-refractivity contribution in [3.8, 4) is 5.75 Å². The number of nitrogens with zero attached hydrogens (tertiary/aromatic N) is 2. The van der Waals surface area contributed by atoms with Gasteiger partial charge >= 0.3 is 0 Å². The smallest absolute Gasteiger partial charge is 0.279 e. The summed E-state index contributed by atoms with van der Waals surface area (Å²) in [4.78, 5) is 27.2. The number of nitro benzene ring substituents is 1. The summed E-state index contributed by atoms with van der Waals surface area (Å²) in [7, 11) is 0. The third kappa shape index (κ3) is 3.54. The van der Waals surface area contributed by atoms with Gasteiger partial charge < -0.3 is 10.4 Å². The number of hydrogen-bond donors (Lipinski definition) is 2. The van der Waals surface area contributed by atoms with E-state index in [0.29, 0.717) is 10.6 Å². The van der Waals surface area contributed by atoms with Crippen LogP contribution in [0, 0.1) is 10.1 Å². The summed E-state index contributed by atoms with van der Waals surface area (Å²) >= 11 is 6.29. The van der Waals surface area contributed by atoms with E-state index in [9.17, 15) is 20.0 Å². The normalized spacial score (nSPS) is 11.9. The van der Waals surface area contributed by atoms with Gasteiger partial charge in [0, 0.05) is 29.3 Å². The minimum absolute atomic E-state index is 0.0875. The zero-order valence-corrected chi connectivity index (χ0v) is 15.1. The van der Waals surface area contributed by atoms with Crippen molar-refractivity contribution >= 4 is 34.1 Å². The lowest BCUT2D eigenvalue weighted by atomic mass is 9.95. The molecular formula is C19H16ClN3O4. The predicted octanol–water partition coefficient (Wildman–Crippen LogP) is 4.12. The van der Waals surface area contributed by atoms with Crippen molar-refractivity contribution < 1.29 is 14.8 Å². The van der Waals surface area contributed by atoms with E-state index < -0.39 is 11.0 Å². The molecule has 1 heterocycles. The Morgan fingerprint density at radius 3 is 2.70 bits per heavy atom. The Balaban J connectivity index is 2.30. The molecule has 2 N–H and O–H groups in total. The van der Waals surface area contributed by atoms with E-state index in [1.165, 1.54) is 18.3 Å². The zero-order valence-electron chi connectivity index (χ0n) is 14.3. The van der Waals surface area contributed by atoms with Gasteiger partial charge in [0.2, 0.25) is 5.91 Å². The summed E-state index contributed by atoms with van der Waals surface area (Å²) in [5.74, 6) is -0.527. The van der Waals surface area contributed by atoms with Crippen LogP contribution in [0.15, 0.2) is 48.7 Å². The highest BCUT2D eigenvalue weighted by atomic mass is 35.5. The maximum absolute atomic E-state index is 12.1. The van der Waals surface area contributed by atoms with Crippen LogP contribution in [0.3, 0.4) is 0 Å². The molecule has 8 heteroatoms. The Labute approximate surface area is 159 Å². The molecule has 0 aliphatic rings. The number of hydrogen-bond acceptors (Lipinski definition) is 5. The molecule has 0 aliphatic carbocycles. The highest BCUT2D eigenvalue weighted by Crippen LogP contribution is 2.40. The Bertz CT molecular complexity index is 1040. The minimum atomic E-state index is -0.865. The molecule has 1 amide bonds. The molecule has 27 heavy (non-hydrogen) atoms. The number of fused-ring (bicyclic) bond motifs is 1. The third-order valence-electron chi connectivity index (χ3n) is 4.22. The molecule has 1 atom stereocenters. The molecule has 3 rings (SSSR count). The van der Waals surface area contributed by atoms with E-state index in [-0.39, 0.29) is 40.2 Å². The lowest BCUT2D eigenvalue weighted by molar-refractivity contribution is -0.383. The van der Waals surface area contributed by atoms with Crippen molar-refractivity contribution in [2.24, 2.45) is 0 Å². The summed E-state index contributed by atoms with van der Waals surface area (Å²) in [5.41, 5.74) is 0.543. The van der Waals surface area contributed by atoms with Crippen LogP contribution in [-0.4, -0.2) is 20.9 Å². The number of nitrogens with one attached hydrogen (secondary N) is 1. The fraction of sp³-hybridized carbons (Fsp3) is 0.158. The van der Waals surface area contributed by atoms with Crippen LogP contribution in [0.25, 0.3) is 10.9 Å². The van der Waals surface area contributed by atoms with E-state index in [4.69, 9.17) is 11.6 Å². The molecule has 0 spiro atoms. The molecule has 0 radical (unpaired) electrons. The van der Waals surface area contributed by atoms with Crippen molar-refractivity contribution in [2.45, 2.75) is 19.4 Å². The molecule has 0 saturated heterocycles.